The third-order valence-electron chi connectivity index (χ3n) is 2.43. The van der Waals surface area contributed by atoms with Gasteiger partial charge in [-0.05, 0) is 18.2 Å². The van der Waals surface area contributed by atoms with Crippen LogP contribution in [0.25, 0.3) is 11.1 Å². The Kier molecular flexibility index (Phi) is 2.70. The highest BCUT2D eigenvalue weighted by atomic mass is 19.2. The molecular formula is C12H8F2O4. The standard InChI is InChI=1S/C12H8F2O4/c13-10-6(1-2-8(16)11(10)14)7-3-5(15)4-9(17)12(7)18/h1-4,15-18H. The van der Waals surface area contributed by atoms with E-state index >= 15 is 0 Å². The van der Waals surface area contributed by atoms with Crippen LogP contribution in [0.15, 0.2) is 24.3 Å². The van der Waals surface area contributed by atoms with E-state index in [0.717, 1.165) is 24.3 Å². The van der Waals surface area contributed by atoms with Crippen molar-refractivity contribution < 1.29 is 29.2 Å². The van der Waals surface area contributed by atoms with Gasteiger partial charge in [-0.2, -0.15) is 4.39 Å². The zero-order valence-electron chi connectivity index (χ0n) is 8.85. The molecule has 18 heavy (non-hydrogen) atoms. The van der Waals surface area contributed by atoms with E-state index in [1.54, 1.807) is 0 Å². The second kappa shape index (κ2) is 4.06. The Morgan fingerprint density at radius 1 is 0.722 bits per heavy atom. The summed E-state index contributed by atoms with van der Waals surface area (Å²) in [5, 5.41) is 37.1. The maximum atomic E-state index is 13.6. The van der Waals surface area contributed by atoms with Crippen molar-refractivity contribution in [2.45, 2.75) is 0 Å². The minimum absolute atomic E-state index is 0.288. The van der Waals surface area contributed by atoms with E-state index in [-0.39, 0.29) is 5.56 Å². The van der Waals surface area contributed by atoms with Gasteiger partial charge in [-0.3, -0.25) is 0 Å². The number of phenols is 4. The molecule has 4 N–H and O–H groups in total. The largest absolute Gasteiger partial charge is 0.508 e. The lowest BCUT2D eigenvalue weighted by Gasteiger charge is -2.09. The second-order valence-electron chi connectivity index (χ2n) is 3.62. The Morgan fingerprint density at radius 2 is 1.39 bits per heavy atom. The van der Waals surface area contributed by atoms with Crippen LogP contribution in [-0.2, 0) is 0 Å². The smallest absolute Gasteiger partial charge is 0.200 e. The summed E-state index contributed by atoms with van der Waals surface area (Å²) in [7, 11) is 0. The SMILES string of the molecule is Oc1cc(O)c(O)c(-c2ccc(O)c(F)c2F)c1. The summed E-state index contributed by atoms with van der Waals surface area (Å²) in [6.45, 7) is 0. The number of hydrogen-bond donors (Lipinski definition) is 4. The molecule has 0 radical (unpaired) electrons. The molecule has 0 aliphatic heterocycles. The quantitative estimate of drug-likeness (QED) is 0.465. The van der Waals surface area contributed by atoms with Crippen LogP contribution in [-0.4, -0.2) is 20.4 Å². The molecule has 94 valence electrons. The van der Waals surface area contributed by atoms with Crippen LogP contribution >= 0.6 is 0 Å². The van der Waals surface area contributed by atoms with E-state index in [4.69, 9.17) is 5.11 Å². The molecule has 0 amide bonds. The van der Waals surface area contributed by atoms with Crippen LogP contribution in [0.2, 0.25) is 0 Å². The maximum Gasteiger partial charge on any atom is 0.200 e. The van der Waals surface area contributed by atoms with Gasteiger partial charge in [-0.1, -0.05) is 0 Å². The summed E-state index contributed by atoms with van der Waals surface area (Å²) in [6, 6.07) is 3.73. The van der Waals surface area contributed by atoms with Crippen LogP contribution in [0.4, 0.5) is 8.78 Å². The van der Waals surface area contributed by atoms with Crippen LogP contribution in [0.5, 0.6) is 23.0 Å². The van der Waals surface area contributed by atoms with Gasteiger partial charge < -0.3 is 20.4 Å². The highest BCUT2D eigenvalue weighted by Crippen LogP contribution is 2.41. The molecule has 0 heterocycles. The van der Waals surface area contributed by atoms with E-state index in [1.807, 2.05) is 0 Å². The predicted octanol–water partition coefficient (Wildman–Crippen LogP) is 2.45. The first kappa shape index (κ1) is 12.0. The summed E-state index contributed by atoms with van der Waals surface area (Å²) in [5.41, 5.74) is -0.682. The Morgan fingerprint density at radius 3 is 2.06 bits per heavy atom. The number of halogens is 2. The molecule has 2 aromatic rings. The van der Waals surface area contributed by atoms with Crippen molar-refractivity contribution in [3.63, 3.8) is 0 Å². The van der Waals surface area contributed by atoms with Crippen molar-refractivity contribution >= 4 is 0 Å². The number of hydrogen-bond acceptors (Lipinski definition) is 4. The fourth-order valence-electron chi connectivity index (χ4n) is 1.56. The third kappa shape index (κ3) is 1.77. The molecular weight excluding hydrogens is 246 g/mol. The molecule has 0 aliphatic rings. The average molecular weight is 254 g/mol. The zero-order chi connectivity index (χ0) is 13.4. The molecule has 0 aliphatic carbocycles. The summed E-state index contributed by atoms with van der Waals surface area (Å²) in [5.74, 6) is -5.53. The van der Waals surface area contributed by atoms with E-state index in [0.29, 0.717) is 0 Å². The lowest BCUT2D eigenvalue weighted by molar-refractivity contribution is 0.396. The molecule has 0 saturated carbocycles. The van der Waals surface area contributed by atoms with Gasteiger partial charge in [0.25, 0.3) is 0 Å². The molecule has 6 heteroatoms. The number of phenolic OH excluding ortho intramolecular Hbond substituents is 4. The first-order valence-corrected chi connectivity index (χ1v) is 4.84. The second-order valence-corrected chi connectivity index (χ2v) is 3.62. The maximum absolute atomic E-state index is 13.6. The number of aromatic hydroxyl groups is 4. The first-order valence-electron chi connectivity index (χ1n) is 4.84. The van der Waals surface area contributed by atoms with Gasteiger partial charge in [0.1, 0.15) is 5.75 Å². The van der Waals surface area contributed by atoms with Gasteiger partial charge in [0.05, 0.1) is 0 Å². The monoisotopic (exact) mass is 254 g/mol. The van der Waals surface area contributed by atoms with Crippen molar-refractivity contribution in [3.05, 3.63) is 35.9 Å². The first-order chi connectivity index (χ1) is 8.41. The van der Waals surface area contributed by atoms with Crippen molar-refractivity contribution in [3.8, 4) is 34.1 Å². The van der Waals surface area contributed by atoms with E-state index < -0.39 is 40.2 Å². The number of rotatable bonds is 1. The Bertz CT molecular complexity index is 626. The predicted molar refractivity (Wildman–Crippen MR) is 58.5 cm³/mol. The zero-order valence-corrected chi connectivity index (χ0v) is 8.85. The highest BCUT2D eigenvalue weighted by molar-refractivity contribution is 5.75. The van der Waals surface area contributed by atoms with Gasteiger partial charge in [-0.25, -0.2) is 4.39 Å². The fraction of sp³-hybridized carbons (Fsp3) is 0. The Balaban J connectivity index is 2.74. The van der Waals surface area contributed by atoms with Gasteiger partial charge >= 0.3 is 0 Å². The molecule has 0 saturated heterocycles. The van der Waals surface area contributed by atoms with Crippen molar-refractivity contribution in [1.29, 1.82) is 0 Å². The molecule has 0 atom stereocenters. The molecule has 2 aromatic carbocycles. The number of benzene rings is 2. The van der Waals surface area contributed by atoms with Crippen molar-refractivity contribution in [2.24, 2.45) is 0 Å². The molecule has 0 fully saturated rings. The summed E-state index contributed by atoms with van der Waals surface area (Å²) in [6.07, 6.45) is 0. The van der Waals surface area contributed by atoms with Crippen LogP contribution in [0.1, 0.15) is 0 Å². The molecule has 0 spiro atoms. The van der Waals surface area contributed by atoms with Gasteiger partial charge in [0.15, 0.2) is 23.1 Å². The molecule has 4 nitrogen and oxygen atoms in total. The van der Waals surface area contributed by atoms with Crippen LogP contribution in [0.3, 0.4) is 0 Å². The Hall–Kier alpha value is -2.50. The molecule has 0 aromatic heterocycles. The highest BCUT2D eigenvalue weighted by Gasteiger charge is 2.19. The minimum atomic E-state index is -1.48. The molecule has 0 bridgehead atoms. The molecule has 2 rings (SSSR count). The average Bonchev–Trinajstić information content (AvgIpc) is 2.31. The summed E-state index contributed by atoms with van der Waals surface area (Å²) >= 11 is 0. The van der Waals surface area contributed by atoms with Crippen LogP contribution in [0, 0.1) is 11.6 Å². The Labute approximate surface area is 100.0 Å². The van der Waals surface area contributed by atoms with Crippen LogP contribution < -0.4 is 0 Å². The lowest BCUT2D eigenvalue weighted by Crippen LogP contribution is -1.91. The topological polar surface area (TPSA) is 80.9 Å². The fourth-order valence-corrected chi connectivity index (χ4v) is 1.56. The van der Waals surface area contributed by atoms with Gasteiger partial charge in [0.2, 0.25) is 5.82 Å². The van der Waals surface area contributed by atoms with Crippen molar-refractivity contribution in [2.75, 3.05) is 0 Å². The van der Waals surface area contributed by atoms with Crippen molar-refractivity contribution in [1.82, 2.24) is 0 Å². The van der Waals surface area contributed by atoms with Gasteiger partial charge in [-0.15, -0.1) is 0 Å². The van der Waals surface area contributed by atoms with Gasteiger partial charge in [0, 0.05) is 17.2 Å². The third-order valence-corrected chi connectivity index (χ3v) is 2.43. The minimum Gasteiger partial charge on any atom is -0.508 e. The van der Waals surface area contributed by atoms with E-state index in [2.05, 4.69) is 0 Å². The summed E-state index contributed by atoms with van der Waals surface area (Å²) in [4.78, 5) is 0. The van der Waals surface area contributed by atoms with E-state index in [9.17, 15) is 24.1 Å². The molecule has 0 unspecified atom stereocenters. The summed E-state index contributed by atoms with van der Waals surface area (Å²) < 4.78 is 26.8. The normalized spacial score (nSPS) is 10.6. The lowest BCUT2D eigenvalue weighted by atomic mass is 10.0. The van der Waals surface area contributed by atoms with E-state index in [1.165, 1.54) is 0 Å².